The van der Waals surface area contributed by atoms with Gasteiger partial charge in [-0.2, -0.15) is 5.26 Å². The molecule has 0 spiro atoms. The Bertz CT molecular complexity index is 801. The molecule has 27 heavy (non-hydrogen) atoms. The second-order valence-electron chi connectivity index (χ2n) is 6.33. The molecule has 1 aromatic rings. The summed E-state index contributed by atoms with van der Waals surface area (Å²) in [7, 11) is -3.79. The van der Waals surface area contributed by atoms with Crippen LogP contribution in [0.4, 0.5) is 13.2 Å². The Balaban J connectivity index is 2.11. The van der Waals surface area contributed by atoms with Crippen molar-refractivity contribution < 1.29 is 31.1 Å². The zero-order chi connectivity index (χ0) is 20.1. The monoisotopic (exact) mass is 404 g/mol. The van der Waals surface area contributed by atoms with Gasteiger partial charge in [-0.1, -0.05) is 12.8 Å². The fourth-order valence-corrected chi connectivity index (χ4v) is 4.94. The third-order valence-electron chi connectivity index (χ3n) is 4.44. The van der Waals surface area contributed by atoms with Gasteiger partial charge in [0.2, 0.25) is 5.91 Å². The molecule has 1 saturated carbocycles. The van der Waals surface area contributed by atoms with Gasteiger partial charge in [-0.3, -0.25) is 4.79 Å². The molecule has 2 atom stereocenters. The number of benzene rings is 1. The van der Waals surface area contributed by atoms with Crippen molar-refractivity contribution in [2.75, 3.05) is 12.3 Å². The summed E-state index contributed by atoms with van der Waals surface area (Å²) in [6.45, 7) is -0.143. The maximum absolute atomic E-state index is 12.6. The van der Waals surface area contributed by atoms with Crippen molar-refractivity contribution in [1.29, 1.82) is 5.26 Å². The molecular formula is C17H19F3N2O4S. The number of nitriles is 1. The molecule has 148 valence electrons. The third kappa shape index (κ3) is 6.13. The predicted octanol–water partition coefficient (Wildman–Crippen LogP) is 2.81. The Hall–Kier alpha value is -2.28. The highest BCUT2D eigenvalue weighted by molar-refractivity contribution is 7.91. The number of hydrogen-bond donors (Lipinski definition) is 1. The van der Waals surface area contributed by atoms with Crippen molar-refractivity contribution in [1.82, 2.24) is 5.32 Å². The van der Waals surface area contributed by atoms with Gasteiger partial charge in [0.05, 0.1) is 16.7 Å². The lowest BCUT2D eigenvalue weighted by Gasteiger charge is -2.30. The van der Waals surface area contributed by atoms with Crippen LogP contribution in [0.15, 0.2) is 29.2 Å². The Labute approximate surface area is 155 Å². The first-order valence-corrected chi connectivity index (χ1v) is 10.0. The molecule has 0 unspecified atom stereocenters. The second kappa shape index (κ2) is 8.61. The molecular weight excluding hydrogens is 385 g/mol. The summed E-state index contributed by atoms with van der Waals surface area (Å²) in [5.74, 6) is -2.04. The van der Waals surface area contributed by atoms with Gasteiger partial charge in [-0.25, -0.2) is 8.42 Å². The highest BCUT2D eigenvalue weighted by Crippen LogP contribution is 2.33. The van der Waals surface area contributed by atoms with Crippen LogP contribution in [0, 0.1) is 23.2 Å². The van der Waals surface area contributed by atoms with Crippen LogP contribution in [0.25, 0.3) is 0 Å². The highest BCUT2D eigenvalue weighted by atomic mass is 32.2. The van der Waals surface area contributed by atoms with Crippen LogP contribution >= 0.6 is 0 Å². The van der Waals surface area contributed by atoms with Crippen LogP contribution in [0.3, 0.4) is 0 Å². The summed E-state index contributed by atoms with van der Waals surface area (Å²) in [4.78, 5) is 12.1. The van der Waals surface area contributed by atoms with Crippen LogP contribution < -0.4 is 10.1 Å². The Morgan fingerprint density at radius 1 is 1.22 bits per heavy atom. The van der Waals surface area contributed by atoms with E-state index in [2.05, 4.69) is 10.1 Å². The summed E-state index contributed by atoms with van der Waals surface area (Å²) < 4.78 is 65.6. The predicted molar refractivity (Wildman–Crippen MR) is 89.2 cm³/mol. The van der Waals surface area contributed by atoms with E-state index in [1.807, 2.05) is 0 Å². The van der Waals surface area contributed by atoms with Crippen LogP contribution in [-0.2, 0) is 14.6 Å². The lowest BCUT2D eigenvalue weighted by molar-refractivity contribution is -0.274. The smallest absolute Gasteiger partial charge is 0.406 e. The Morgan fingerprint density at radius 2 is 1.85 bits per heavy atom. The SMILES string of the molecule is N#CCNC(=O)[C@@H]1CCCC[C@H]1CS(=O)(=O)c1ccc(OC(F)(F)F)cc1. The van der Waals surface area contributed by atoms with E-state index >= 15 is 0 Å². The highest BCUT2D eigenvalue weighted by Gasteiger charge is 2.35. The molecule has 2 rings (SSSR count). The zero-order valence-corrected chi connectivity index (χ0v) is 15.1. The number of sulfone groups is 1. The summed E-state index contributed by atoms with van der Waals surface area (Å²) in [5.41, 5.74) is 0. The van der Waals surface area contributed by atoms with Crippen molar-refractivity contribution >= 4 is 15.7 Å². The quantitative estimate of drug-likeness (QED) is 0.736. The fourth-order valence-electron chi connectivity index (χ4n) is 3.24. The van der Waals surface area contributed by atoms with E-state index in [0.29, 0.717) is 12.8 Å². The topological polar surface area (TPSA) is 96.3 Å². The minimum Gasteiger partial charge on any atom is -0.406 e. The van der Waals surface area contributed by atoms with Gasteiger partial charge in [0.1, 0.15) is 12.3 Å². The third-order valence-corrected chi connectivity index (χ3v) is 6.29. The number of nitrogens with zero attached hydrogens (tertiary/aromatic N) is 1. The van der Waals surface area contributed by atoms with Gasteiger partial charge in [0.15, 0.2) is 9.84 Å². The van der Waals surface area contributed by atoms with Crippen LogP contribution in [0.1, 0.15) is 25.7 Å². The van der Waals surface area contributed by atoms with E-state index in [9.17, 15) is 26.4 Å². The summed E-state index contributed by atoms with van der Waals surface area (Å²) in [6, 6.07) is 5.81. The molecule has 0 bridgehead atoms. The Morgan fingerprint density at radius 3 is 2.44 bits per heavy atom. The van der Waals surface area contributed by atoms with Gasteiger partial charge >= 0.3 is 6.36 Å². The van der Waals surface area contributed by atoms with E-state index in [4.69, 9.17) is 5.26 Å². The second-order valence-corrected chi connectivity index (χ2v) is 8.36. The van der Waals surface area contributed by atoms with Crippen molar-refractivity contribution in [3.63, 3.8) is 0 Å². The lowest BCUT2D eigenvalue weighted by Crippen LogP contribution is -2.39. The molecule has 1 amide bonds. The van der Waals surface area contributed by atoms with Gasteiger partial charge in [-0.05, 0) is 43.0 Å². The summed E-state index contributed by atoms with van der Waals surface area (Å²) in [6.07, 6.45) is -2.17. The molecule has 1 aliphatic rings. The molecule has 1 fully saturated rings. The van der Waals surface area contributed by atoms with Crippen LogP contribution in [0.5, 0.6) is 5.75 Å². The molecule has 6 nitrogen and oxygen atoms in total. The fraction of sp³-hybridized carbons (Fsp3) is 0.529. The first kappa shape index (κ1) is 21.0. The molecule has 1 aliphatic carbocycles. The van der Waals surface area contributed by atoms with Gasteiger partial charge < -0.3 is 10.1 Å². The average Bonchev–Trinajstić information content (AvgIpc) is 2.59. The first-order valence-electron chi connectivity index (χ1n) is 8.35. The number of rotatable bonds is 6. The molecule has 0 radical (unpaired) electrons. The minimum absolute atomic E-state index is 0.126. The first-order chi connectivity index (χ1) is 12.6. The zero-order valence-electron chi connectivity index (χ0n) is 14.3. The van der Waals surface area contributed by atoms with Crippen molar-refractivity contribution in [2.24, 2.45) is 11.8 Å². The van der Waals surface area contributed by atoms with E-state index < -0.39 is 33.8 Å². The normalized spacial score (nSPS) is 20.5. The molecule has 0 heterocycles. The molecule has 0 aromatic heterocycles. The number of alkyl halides is 3. The number of carbonyl (C=O) groups is 1. The van der Waals surface area contributed by atoms with Crippen molar-refractivity contribution in [3.05, 3.63) is 24.3 Å². The van der Waals surface area contributed by atoms with Crippen molar-refractivity contribution in [3.8, 4) is 11.8 Å². The van der Waals surface area contributed by atoms with Crippen LogP contribution in [0.2, 0.25) is 0 Å². The average molecular weight is 404 g/mol. The number of halogens is 3. The number of nitrogens with one attached hydrogen (secondary N) is 1. The molecule has 0 saturated heterocycles. The summed E-state index contributed by atoms with van der Waals surface area (Å²) in [5, 5.41) is 11.0. The molecule has 0 aliphatic heterocycles. The van der Waals surface area contributed by atoms with E-state index in [0.717, 1.165) is 37.1 Å². The van der Waals surface area contributed by atoms with E-state index in [1.54, 1.807) is 6.07 Å². The number of hydrogen-bond acceptors (Lipinski definition) is 5. The largest absolute Gasteiger partial charge is 0.573 e. The number of carbonyl (C=O) groups excluding carboxylic acids is 1. The number of amides is 1. The molecule has 10 heteroatoms. The van der Waals surface area contributed by atoms with Gasteiger partial charge in [0, 0.05) is 5.92 Å². The van der Waals surface area contributed by atoms with Gasteiger partial charge in [-0.15, -0.1) is 13.2 Å². The Kier molecular flexibility index (Phi) is 6.70. The van der Waals surface area contributed by atoms with Crippen LogP contribution in [-0.4, -0.2) is 33.0 Å². The maximum Gasteiger partial charge on any atom is 0.573 e. The minimum atomic E-state index is -4.85. The number of ether oxygens (including phenoxy) is 1. The summed E-state index contributed by atoms with van der Waals surface area (Å²) >= 11 is 0. The molecule has 1 aromatic carbocycles. The van der Waals surface area contributed by atoms with Crippen molar-refractivity contribution in [2.45, 2.75) is 36.9 Å². The lowest BCUT2D eigenvalue weighted by atomic mass is 9.80. The van der Waals surface area contributed by atoms with Gasteiger partial charge in [0.25, 0.3) is 0 Å². The maximum atomic E-state index is 12.6. The molecule has 1 N–H and O–H groups in total. The van der Waals surface area contributed by atoms with E-state index in [1.165, 1.54) is 0 Å². The van der Waals surface area contributed by atoms with E-state index in [-0.39, 0.29) is 23.1 Å². The standard InChI is InChI=1S/C17H19F3N2O4S/c18-17(19,20)26-13-5-7-14(8-6-13)27(24,25)11-12-3-1-2-4-15(12)16(23)22-10-9-21/h5-8,12,15H,1-4,10-11H2,(H,22,23)/t12-,15+/m0/s1.